The van der Waals surface area contributed by atoms with Crippen LogP contribution in [0.25, 0.3) is 0 Å². The van der Waals surface area contributed by atoms with E-state index in [4.69, 9.17) is 14.2 Å². The summed E-state index contributed by atoms with van der Waals surface area (Å²) in [6.45, 7) is 2.87. The third-order valence-electron chi connectivity index (χ3n) is 4.22. The number of nitrogens with zero attached hydrogens (tertiary/aromatic N) is 1. The van der Waals surface area contributed by atoms with Gasteiger partial charge in [0.2, 0.25) is 0 Å². The molecule has 3 rings (SSSR count). The van der Waals surface area contributed by atoms with Gasteiger partial charge in [0.1, 0.15) is 12.4 Å². The summed E-state index contributed by atoms with van der Waals surface area (Å²) < 4.78 is 16.7. The van der Waals surface area contributed by atoms with Crippen LogP contribution in [-0.2, 0) is 6.61 Å². The molecule has 0 spiro atoms. The van der Waals surface area contributed by atoms with Gasteiger partial charge >= 0.3 is 0 Å². The lowest BCUT2D eigenvalue weighted by Crippen LogP contribution is -2.17. The Kier molecular flexibility index (Phi) is 7.44. The molecule has 0 aliphatic carbocycles. The summed E-state index contributed by atoms with van der Waals surface area (Å²) in [5, 5.41) is 4.04. The summed E-state index contributed by atoms with van der Waals surface area (Å²) in [6.07, 6.45) is 1.56. The van der Waals surface area contributed by atoms with E-state index in [1.165, 1.54) is 0 Å². The summed E-state index contributed by atoms with van der Waals surface area (Å²) in [4.78, 5) is 12.2. The minimum Gasteiger partial charge on any atom is -0.497 e. The maximum atomic E-state index is 12.2. The summed E-state index contributed by atoms with van der Waals surface area (Å²) >= 11 is 0. The number of hydrazone groups is 1. The Balaban J connectivity index is 1.65. The van der Waals surface area contributed by atoms with E-state index in [0.29, 0.717) is 36.0 Å². The number of benzene rings is 3. The molecule has 0 saturated heterocycles. The van der Waals surface area contributed by atoms with Crippen molar-refractivity contribution in [3.8, 4) is 17.2 Å². The van der Waals surface area contributed by atoms with Gasteiger partial charge in [0, 0.05) is 5.56 Å². The minimum atomic E-state index is -0.321. The Morgan fingerprint density at radius 1 is 0.967 bits per heavy atom. The Hall–Kier alpha value is -3.80. The van der Waals surface area contributed by atoms with Crippen molar-refractivity contribution in [3.05, 3.63) is 89.5 Å². The summed E-state index contributed by atoms with van der Waals surface area (Å²) in [7, 11) is 1.55. The molecule has 0 aromatic heterocycles. The highest BCUT2D eigenvalue weighted by molar-refractivity contribution is 5.95. The fourth-order valence-corrected chi connectivity index (χ4v) is 2.72. The van der Waals surface area contributed by atoms with E-state index in [0.717, 1.165) is 11.1 Å². The topological polar surface area (TPSA) is 69.2 Å². The molecule has 3 aromatic rings. The largest absolute Gasteiger partial charge is 0.497 e. The van der Waals surface area contributed by atoms with Crippen molar-refractivity contribution in [1.82, 2.24) is 5.43 Å². The lowest BCUT2D eigenvalue weighted by molar-refractivity contribution is 0.0955. The SMILES string of the molecule is CCOc1cc(/C=N/NC(=O)c2cccc(OC)c2)ccc1OCc1ccccc1. The molecule has 0 radical (unpaired) electrons. The first kappa shape index (κ1) is 20.9. The normalized spacial score (nSPS) is 10.6. The number of hydrogen-bond donors (Lipinski definition) is 1. The van der Waals surface area contributed by atoms with Crippen LogP contribution < -0.4 is 19.6 Å². The molecule has 0 aliphatic heterocycles. The molecule has 1 N–H and O–H groups in total. The molecule has 3 aromatic carbocycles. The van der Waals surface area contributed by atoms with Crippen molar-refractivity contribution in [2.45, 2.75) is 13.5 Å². The second kappa shape index (κ2) is 10.7. The molecular weight excluding hydrogens is 380 g/mol. The van der Waals surface area contributed by atoms with E-state index < -0.39 is 0 Å². The Morgan fingerprint density at radius 2 is 1.80 bits per heavy atom. The quantitative estimate of drug-likeness (QED) is 0.423. The number of rotatable bonds is 9. The van der Waals surface area contributed by atoms with Crippen LogP contribution in [0.5, 0.6) is 17.2 Å². The first-order valence-electron chi connectivity index (χ1n) is 9.60. The van der Waals surface area contributed by atoms with Gasteiger partial charge in [-0.2, -0.15) is 5.10 Å². The molecule has 1 amide bonds. The van der Waals surface area contributed by atoms with Gasteiger partial charge in [-0.1, -0.05) is 36.4 Å². The standard InChI is InChI=1S/C24H24N2O4/c1-3-29-23-14-19(12-13-22(23)30-17-18-8-5-4-6-9-18)16-25-26-24(27)20-10-7-11-21(15-20)28-2/h4-16H,3,17H2,1-2H3,(H,26,27)/b25-16+. The Bertz CT molecular complexity index is 1000. The molecule has 0 atom stereocenters. The third-order valence-corrected chi connectivity index (χ3v) is 4.22. The number of hydrogen-bond acceptors (Lipinski definition) is 5. The van der Waals surface area contributed by atoms with Crippen LogP contribution in [0.4, 0.5) is 0 Å². The van der Waals surface area contributed by atoms with E-state index in [1.807, 2.05) is 55.5 Å². The van der Waals surface area contributed by atoms with Crippen LogP contribution in [-0.4, -0.2) is 25.8 Å². The van der Waals surface area contributed by atoms with E-state index in [1.54, 1.807) is 37.6 Å². The molecule has 30 heavy (non-hydrogen) atoms. The van der Waals surface area contributed by atoms with Crippen molar-refractivity contribution in [2.75, 3.05) is 13.7 Å². The summed E-state index contributed by atoms with van der Waals surface area (Å²) in [5.74, 6) is 1.56. The highest BCUT2D eigenvalue weighted by atomic mass is 16.5. The fraction of sp³-hybridized carbons (Fsp3) is 0.167. The van der Waals surface area contributed by atoms with Crippen LogP contribution in [0.3, 0.4) is 0 Å². The van der Waals surface area contributed by atoms with Crippen molar-refractivity contribution in [3.63, 3.8) is 0 Å². The van der Waals surface area contributed by atoms with Gasteiger partial charge in [-0.25, -0.2) is 5.43 Å². The van der Waals surface area contributed by atoms with Crippen LogP contribution in [0.1, 0.15) is 28.4 Å². The first-order chi connectivity index (χ1) is 14.7. The van der Waals surface area contributed by atoms with E-state index in [2.05, 4.69) is 10.5 Å². The number of ether oxygens (including phenoxy) is 3. The maximum absolute atomic E-state index is 12.2. The number of methoxy groups -OCH3 is 1. The van der Waals surface area contributed by atoms with Crippen LogP contribution in [0.2, 0.25) is 0 Å². The van der Waals surface area contributed by atoms with Crippen LogP contribution in [0, 0.1) is 0 Å². The zero-order valence-corrected chi connectivity index (χ0v) is 17.0. The first-order valence-corrected chi connectivity index (χ1v) is 9.60. The van der Waals surface area contributed by atoms with E-state index in [-0.39, 0.29) is 5.91 Å². The van der Waals surface area contributed by atoms with Crippen LogP contribution >= 0.6 is 0 Å². The lowest BCUT2D eigenvalue weighted by atomic mass is 10.2. The molecule has 0 fully saturated rings. The third kappa shape index (κ3) is 5.85. The van der Waals surface area contributed by atoms with Gasteiger partial charge in [-0.3, -0.25) is 4.79 Å². The Morgan fingerprint density at radius 3 is 2.57 bits per heavy atom. The molecule has 0 bridgehead atoms. The maximum Gasteiger partial charge on any atom is 0.271 e. The smallest absolute Gasteiger partial charge is 0.271 e. The van der Waals surface area contributed by atoms with Crippen molar-refractivity contribution >= 4 is 12.1 Å². The van der Waals surface area contributed by atoms with Crippen molar-refractivity contribution in [1.29, 1.82) is 0 Å². The second-order valence-electron chi connectivity index (χ2n) is 6.34. The van der Waals surface area contributed by atoms with E-state index in [9.17, 15) is 4.79 Å². The Labute approximate surface area is 176 Å². The highest BCUT2D eigenvalue weighted by Crippen LogP contribution is 2.29. The molecule has 0 saturated carbocycles. The molecule has 154 valence electrons. The molecular formula is C24H24N2O4. The van der Waals surface area contributed by atoms with Gasteiger partial charge in [-0.15, -0.1) is 0 Å². The molecule has 0 aliphatic rings. The monoisotopic (exact) mass is 404 g/mol. The highest BCUT2D eigenvalue weighted by Gasteiger charge is 2.08. The number of carbonyl (C=O) groups excluding carboxylic acids is 1. The molecule has 6 heteroatoms. The molecule has 6 nitrogen and oxygen atoms in total. The molecule has 0 unspecified atom stereocenters. The van der Waals surface area contributed by atoms with Gasteiger partial charge in [0.15, 0.2) is 11.5 Å². The molecule has 0 heterocycles. The van der Waals surface area contributed by atoms with Gasteiger partial charge < -0.3 is 14.2 Å². The zero-order valence-electron chi connectivity index (χ0n) is 17.0. The minimum absolute atomic E-state index is 0.321. The lowest BCUT2D eigenvalue weighted by Gasteiger charge is -2.12. The van der Waals surface area contributed by atoms with Crippen LogP contribution in [0.15, 0.2) is 77.9 Å². The summed E-state index contributed by atoms with van der Waals surface area (Å²) in [5.41, 5.74) is 4.83. The van der Waals surface area contributed by atoms with E-state index >= 15 is 0 Å². The number of amides is 1. The van der Waals surface area contributed by atoms with Gasteiger partial charge in [-0.05, 0) is 54.4 Å². The number of carbonyl (C=O) groups is 1. The average Bonchev–Trinajstić information content (AvgIpc) is 2.79. The number of nitrogens with one attached hydrogen (secondary N) is 1. The van der Waals surface area contributed by atoms with Gasteiger partial charge in [0.25, 0.3) is 5.91 Å². The average molecular weight is 404 g/mol. The van der Waals surface area contributed by atoms with Crippen molar-refractivity contribution in [2.24, 2.45) is 5.10 Å². The predicted molar refractivity (Wildman–Crippen MR) is 116 cm³/mol. The van der Waals surface area contributed by atoms with Gasteiger partial charge in [0.05, 0.1) is 19.9 Å². The fourth-order valence-electron chi connectivity index (χ4n) is 2.72. The predicted octanol–water partition coefficient (Wildman–Crippen LogP) is 4.44. The zero-order chi connectivity index (χ0) is 21.2. The second-order valence-corrected chi connectivity index (χ2v) is 6.34. The summed E-state index contributed by atoms with van der Waals surface area (Å²) in [6, 6.07) is 22.3. The van der Waals surface area contributed by atoms with Crippen molar-refractivity contribution < 1.29 is 19.0 Å².